The number of alkyl carbamates (subject to hydrolysis) is 1. The summed E-state index contributed by atoms with van der Waals surface area (Å²) in [4.78, 5) is 11.8. The Bertz CT molecular complexity index is 472. The predicted molar refractivity (Wildman–Crippen MR) is 72.2 cm³/mol. The molecule has 18 heavy (non-hydrogen) atoms. The summed E-state index contributed by atoms with van der Waals surface area (Å²) in [6.45, 7) is 5.59. The second-order valence-corrected chi connectivity index (χ2v) is 5.47. The number of nitrogens with one attached hydrogen (secondary N) is 1. The van der Waals surface area contributed by atoms with Gasteiger partial charge in [-0.25, -0.2) is 4.79 Å². The van der Waals surface area contributed by atoms with Crippen LogP contribution >= 0.6 is 0 Å². The molecule has 2 rings (SSSR count). The molecule has 1 amide bonds. The van der Waals surface area contributed by atoms with E-state index < -0.39 is 5.60 Å². The van der Waals surface area contributed by atoms with Crippen LogP contribution < -0.4 is 5.32 Å². The predicted octanol–water partition coefficient (Wildman–Crippen LogP) is 3.67. The molecule has 0 radical (unpaired) electrons. The van der Waals surface area contributed by atoms with Crippen molar-refractivity contribution in [3.8, 4) is 0 Å². The van der Waals surface area contributed by atoms with Gasteiger partial charge in [-0.1, -0.05) is 36.4 Å². The van der Waals surface area contributed by atoms with Crippen molar-refractivity contribution in [2.75, 3.05) is 0 Å². The first-order valence-corrected chi connectivity index (χ1v) is 6.21. The zero-order valence-electron chi connectivity index (χ0n) is 11.1. The van der Waals surface area contributed by atoms with Gasteiger partial charge in [-0.05, 0) is 38.3 Å². The van der Waals surface area contributed by atoms with Gasteiger partial charge >= 0.3 is 6.09 Å². The molecule has 1 aromatic carbocycles. The minimum atomic E-state index is -0.464. The van der Waals surface area contributed by atoms with Crippen LogP contribution in [0, 0.1) is 0 Å². The summed E-state index contributed by atoms with van der Waals surface area (Å²) in [5.41, 5.74) is 1.84. The number of carbonyl (C=O) groups is 1. The maximum Gasteiger partial charge on any atom is 0.408 e. The van der Waals surface area contributed by atoms with E-state index in [2.05, 4.69) is 23.5 Å². The molecule has 3 nitrogen and oxygen atoms in total. The van der Waals surface area contributed by atoms with Crippen LogP contribution in [0.25, 0.3) is 6.08 Å². The Morgan fingerprint density at radius 3 is 2.78 bits per heavy atom. The third kappa shape index (κ3) is 3.13. The van der Waals surface area contributed by atoms with Gasteiger partial charge in [0, 0.05) is 0 Å². The minimum Gasteiger partial charge on any atom is -0.444 e. The van der Waals surface area contributed by atoms with E-state index in [0.29, 0.717) is 0 Å². The topological polar surface area (TPSA) is 38.3 Å². The van der Waals surface area contributed by atoms with Gasteiger partial charge in [-0.15, -0.1) is 0 Å². The van der Waals surface area contributed by atoms with Gasteiger partial charge in [0.1, 0.15) is 5.60 Å². The lowest BCUT2D eigenvalue weighted by Gasteiger charge is -2.25. The van der Waals surface area contributed by atoms with Gasteiger partial charge in [-0.3, -0.25) is 0 Å². The van der Waals surface area contributed by atoms with Gasteiger partial charge in [0.05, 0.1) is 6.04 Å². The van der Waals surface area contributed by atoms with Crippen LogP contribution in [0.1, 0.15) is 44.4 Å². The van der Waals surface area contributed by atoms with E-state index in [1.165, 1.54) is 0 Å². The molecule has 3 heteroatoms. The summed E-state index contributed by atoms with van der Waals surface area (Å²) in [7, 11) is 0. The molecule has 0 fully saturated rings. The molecule has 0 aromatic heterocycles. The summed E-state index contributed by atoms with van der Waals surface area (Å²) < 4.78 is 5.28. The average Bonchev–Trinajstić information content (AvgIpc) is 2.27. The van der Waals surface area contributed by atoms with Crippen molar-refractivity contribution in [1.29, 1.82) is 0 Å². The molecular weight excluding hydrogens is 226 g/mol. The first kappa shape index (κ1) is 12.7. The van der Waals surface area contributed by atoms with Crippen molar-refractivity contribution in [2.24, 2.45) is 0 Å². The normalized spacial score (nSPS) is 18.1. The van der Waals surface area contributed by atoms with Crippen LogP contribution in [-0.2, 0) is 4.74 Å². The van der Waals surface area contributed by atoms with Crippen LogP contribution in [0.15, 0.2) is 30.3 Å². The summed E-state index contributed by atoms with van der Waals surface area (Å²) in [6.07, 6.45) is 4.60. The smallest absolute Gasteiger partial charge is 0.408 e. The van der Waals surface area contributed by atoms with Crippen molar-refractivity contribution in [2.45, 2.75) is 38.8 Å². The first-order valence-electron chi connectivity index (χ1n) is 6.21. The van der Waals surface area contributed by atoms with Crippen molar-refractivity contribution < 1.29 is 9.53 Å². The summed E-state index contributed by atoms with van der Waals surface area (Å²) in [6, 6.07) is 8.08. The Morgan fingerprint density at radius 2 is 2.06 bits per heavy atom. The SMILES string of the molecule is CC(C)(C)OC(=O)N[C@@H]1CC=Cc2ccccc21. The number of rotatable bonds is 1. The number of amides is 1. The number of carbonyl (C=O) groups excluding carboxylic acids is 1. The Balaban J connectivity index is 2.08. The lowest BCUT2D eigenvalue weighted by Crippen LogP contribution is -2.35. The maximum atomic E-state index is 11.8. The fourth-order valence-corrected chi connectivity index (χ4v) is 2.02. The number of hydrogen-bond acceptors (Lipinski definition) is 2. The molecule has 0 heterocycles. The molecule has 1 aliphatic rings. The van der Waals surface area contributed by atoms with E-state index in [4.69, 9.17) is 4.74 Å². The second kappa shape index (κ2) is 4.84. The third-order valence-electron chi connectivity index (χ3n) is 2.73. The van der Waals surface area contributed by atoms with E-state index in [0.717, 1.165) is 17.5 Å². The lowest BCUT2D eigenvalue weighted by molar-refractivity contribution is 0.0503. The Morgan fingerprint density at radius 1 is 1.33 bits per heavy atom. The van der Waals surface area contributed by atoms with Crippen LogP contribution in [0.2, 0.25) is 0 Å². The molecule has 0 bridgehead atoms. The quantitative estimate of drug-likeness (QED) is 0.819. The van der Waals surface area contributed by atoms with Crippen LogP contribution in [-0.4, -0.2) is 11.7 Å². The standard InChI is InChI=1S/C15H19NO2/c1-15(2,3)18-14(17)16-13-10-6-8-11-7-4-5-9-12(11)13/h4-9,13H,10H2,1-3H3,(H,16,17)/t13-/m1/s1. The summed E-state index contributed by atoms with van der Waals surface area (Å²) in [5, 5.41) is 2.92. The van der Waals surface area contributed by atoms with Crippen molar-refractivity contribution in [3.63, 3.8) is 0 Å². The molecule has 0 unspecified atom stereocenters. The van der Waals surface area contributed by atoms with E-state index in [-0.39, 0.29) is 12.1 Å². The van der Waals surface area contributed by atoms with Gasteiger partial charge in [0.25, 0.3) is 0 Å². The highest BCUT2D eigenvalue weighted by molar-refractivity contribution is 5.69. The molecule has 1 aromatic rings. The summed E-state index contributed by atoms with van der Waals surface area (Å²) >= 11 is 0. The monoisotopic (exact) mass is 245 g/mol. The van der Waals surface area contributed by atoms with Gasteiger partial charge in [0.2, 0.25) is 0 Å². The van der Waals surface area contributed by atoms with Crippen molar-refractivity contribution in [3.05, 3.63) is 41.5 Å². The fourth-order valence-electron chi connectivity index (χ4n) is 2.02. The molecule has 1 atom stereocenters. The van der Waals surface area contributed by atoms with Crippen molar-refractivity contribution >= 4 is 12.2 Å². The second-order valence-electron chi connectivity index (χ2n) is 5.47. The van der Waals surface area contributed by atoms with Crippen molar-refractivity contribution in [1.82, 2.24) is 5.32 Å². The van der Waals surface area contributed by atoms with Crippen LogP contribution in [0.4, 0.5) is 4.79 Å². The van der Waals surface area contributed by atoms with E-state index in [1.807, 2.05) is 39.0 Å². The molecule has 0 saturated carbocycles. The third-order valence-corrected chi connectivity index (χ3v) is 2.73. The molecule has 0 aliphatic heterocycles. The number of benzene rings is 1. The highest BCUT2D eigenvalue weighted by Gasteiger charge is 2.22. The fraction of sp³-hybridized carbons (Fsp3) is 0.400. The maximum absolute atomic E-state index is 11.8. The lowest BCUT2D eigenvalue weighted by atomic mass is 9.93. The minimum absolute atomic E-state index is 0.000972. The molecule has 1 N–H and O–H groups in total. The zero-order chi connectivity index (χ0) is 13.2. The number of hydrogen-bond donors (Lipinski definition) is 1. The first-order chi connectivity index (χ1) is 8.46. The number of ether oxygens (including phenoxy) is 1. The molecular formula is C15H19NO2. The zero-order valence-corrected chi connectivity index (χ0v) is 11.1. The largest absolute Gasteiger partial charge is 0.444 e. The Hall–Kier alpha value is -1.77. The van der Waals surface area contributed by atoms with E-state index in [9.17, 15) is 4.79 Å². The summed E-state index contributed by atoms with van der Waals surface area (Å²) in [5.74, 6) is 0. The van der Waals surface area contributed by atoms with Crippen LogP contribution in [0.3, 0.4) is 0 Å². The van der Waals surface area contributed by atoms with E-state index in [1.54, 1.807) is 0 Å². The number of fused-ring (bicyclic) bond motifs is 1. The Kier molecular flexibility index (Phi) is 3.41. The van der Waals surface area contributed by atoms with Gasteiger partial charge < -0.3 is 10.1 Å². The average molecular weight is 245 g/mol. The molecule has 0 saturated heterocycles. The van der Waals surface area contributed by atoms with Gasteiger partial charge in [0.15, 0.2) is 0 Å². The molecule has 0 spiro atoms. The highest BCUT2D eigenvalue weighted by atomic mass is 16.6. The molecule has 96 valence electrons. The van der Waals surface area contributed by atoms with Crippen LogP contribution in [0.5, 0.6) is 0 Å². The van der Waals surface area contributed by atoms with Gasteiger partial charge in [-0.2, -0.15) is 0 Å². The Labute approximate surface area is 108 Å². The van der Waals surface area contributed by atoms with E-state index >= 15 is 0 Å². The highest BCUT2D eigenvalue weighted by Crippen LogP contribution is 2.27. The molecule has 1 aliphatic carbocycles.